The number of hydrogen-bond donors (Lipinski definition) is 2. The monoisotopic (exact) mass is 217 g/mol. The summed E-state index contributed by atoms with van der Waals surface area (Å²) in [5.74, 6) is 0.238. The molecule has 1 aliphatic rings. The van der Waals surface area contributed by atoms with E-state index in [1.807, 2.05) is 6.07 Å². The van der Waals surface area contributed by atoms with Crippen LogP contribution in [0.2, 0.25) is 0 Å². The van der Waals surface area contributed by atoms with Gasteiger partial charge < -0.3 is 10.4 Å². The highest BCUT2D eigenvalue weighted by Gasteiger charge is 2.24. The first-order chi connectivity index (χ1) is 6.25. The molecule has 4 heteroatoms. The fourth-order valence-electron chi connectivity index (χ4n) is 1.69. The van der Waals surface area contributed by atoms with Crippen LogP contribution < -0.4 is 5.32 Å². The molecule has 1 fully saturated rings. The Hall–Kier alpha value is -0.800. The van der Waals surface area contributed by atoms with E-state index in [-0.39, 0.29) is 24.2 Å². The maximum Gasteiger partial charge on any atom is 0.115 e. The molecule has 2 atom stereocenters. The lowest BCUT2D eigenvalue weighted by molar-refractivity contribution is 0.356. The van der Waals surface area contributed by atoms with E-state index in [0.717, 1.165) is 5.56 Å². The number of halogens is 2. The van der Waals surface area contributed by atoms with Gasteiger partial charge in [0.05, 0.1) is 0 Å². The van der Waals surface area contributed by atoms with Gasteiger partial charge in [-0.3, -0.25) is 0 Å². The standard InChI is InChI=1S/C10H12FNO.ClH/c11-8-5-10(12-6-8)7-2-1-3-9(13)4-7;/h1-4,8,10,12-13H,5-6H2;1H. The van der Waals surface area contributed by atoms with Gasteiger partial charge in [0.1, 0.15) is 11.9 Å². The number of aromatic hydroxyl groups is 1. The average molecular weight is 218 g/mol. The van der Waals surface area contributed by atoms with Crippen LogP contribution in [0, 0.1) is 0 Å². The Balaban J connectivity index is 0.000000980. The molecule has 2 N–H and O–H groups in total. The van der Waals surface area contributed by atoms with Crippen molar-refractivity contribution in [1.82, 2.24) is 5.32 Å². The Labute approximate surface area is 88.5 Å². The molecule has 0 spiro atoms. The molecule has 0 amide bonds. The molecule has 1 heterocycles. The number of nitrogens with one attached hydrogen (secondary N) is 1. The Bertz CT molecular complexity index is 308. The normalized spacial score (nSPS) is 25.8. The van der Waals surface area contributed by atoms with Crippen molar-refractivity contribution >= 4 is 12.4 Å². The molecular weight excluding hydrogens is 205 g/mol. The maximum atomic E-state index is 12.8. The van der Waals surface area contributed by atoms with Gasteiger partial charge in [-0.1, -0.05) is 12.1 Å². The summed E-state index contributed by atoms with van der Waals surface area (Å²) in [5.41, 5.74) is 0.958. The predicted octanol–water partition coefficient (Wildman–Crippen LogP) is 2.19. The van der Waals surface area contributed by atoms with E-state index in [2.05, 4.69) is 5.32 Å². The van der Waals surface area contributed by atoms with Crippen LogP contribution >= 0.6 is 12.4 Å². The van der Waals surface area contributed by atoms with Crippen LogP contribution in [-0.2, 0) is 0 Å². The van der Waals surface area contributed by atoms with E-state index in [4.69, 9.17) is 0 Å². The minimum atomic E-state index is -0.757. The SMILES string of the molecule is Cl.Oc1cccc(C2CC(F)CN2)c1. The Kier molecular flexibility index (Phi) is 3.72. The minimum absolute atomic E-state index is 0. The van der Waals surface area contributed by atoms with Gasteiger partial charge >= 0.3 is 0 Å². The number of phenolic OH excluding ortho intramolecular Hbond substituents is 1. The van der Waals surface area contributed by atoms with E-state index in [1.165, 1.54) is 0 Å². The van der Waals surface area contributed by atoms with Gasteiger partial charge in [-0.25, -0.2) is 4.39 Å². The fraction of sp³-hybridized carbons (Fsp3) is 0.400. The summed E-state index contributed by atoms with van der Waals surface area (Å²) in [6, 6.07) is 7.02. The zero-order chi connectivity index (χ0) is 9.26. The van der Waals surface area contributed by atoms with Gasteiger partial charge in [-0.15, -0.1) is 12.4 Å². The quantitative estimate of drug-likeness (QED) is 0.756. The van der Waals surface area contributed by atoms with Crippen molar-refractivity contribution in [3.05, 3.63) is 29.8 Å². The van der Waals surface area contributed by atoms with Crippen molar-refractivity contribution in [3.8, 4) is 5.75 Å². The first-order valence-electron chi connectivity index (χ1n) is 4.42. The summed E-state index contributed by atoms with van der Waals surface area (Å²) in [5, 5.41) is 12.3. The molecule has 2 rings (SSSR count). The van der Waals surface area contributed by atoms with Crippen LogP contribution in [0.4, 0.5) is 4.39 Å². The molecule has 2 nitrogen and oxygen atoms in total. The number of benzene rings is 1. The molecule has 1 aromatic carbocycles. The van der Waals surface area contributed by atoms with Gasteiger partial charge in [0.15, 0.2) is 0 Å². The molecule has 1 aliphatic heterocycles. The highest BCUT2D eigenvalue weighted by molar-refractivity contribution is 5.85. The van der Waals surface area contributed by atoms with Crippen molar-refractivity contribution in [2.75, 3.05) is 6.54 Å². The van der Waals surface area contributed by atoms with Crippen molar-refractivity contribution in [3.63, 3.8) is 0 Å². The van der Waals surface area contributed by atoms with Crippen molar-refractivity contribution in [2.45, 2.75) is 18.6 Å². The van der Waals surface area contributed by atoms with Gasteiger partial charge in [0, 0.05) is 12.6 Å². The molecule has 0 bridgehead atoms. The molecule has 0 saturated carbocycles. The zero-order valence-electron chi connectivity index (χ0n) is 7.61. The molecular formula is C10H13ClFNO. The number of hydrogen-bond acceptors (Lipinski definition) is 2. The van der Waals surface area contributed by atoms with Crippen molar-refractivity contribution in [2.24, 2.45) is 0 Å². The highest BCUT2D eigenvalue weighted by Crippen LogP contribution is 2.26. The van der Waals surface area contributed by atoms with E-state index in [9.17, 15) is 9.50 Å². The topological polar surface area (TPSA) is 32.3 Å². The molecule has 0 radical (unpaired) electrons. The molecule has 1 aromatic rings. The van der Waals surface area contributed by atoms with Gasteiger partial charge in [0.2, 0.25) is 0 Å². The third-order valence-corrected chi connectivity index (χ3v) is 2.35. The fourth-order valence-corrected chi connectivity index (χ4v) is 1.69. The van der Waals surface area contributed by atoms with E-state index >= 15 is 0 Å². The van der Waals surface area contributed by atoms with Crippen LogP contribution in [0.3, 0.4) is 0 Å². The first-order valence-corrected chi connectivity index (χ1v) is 4.42. The van der Waals surface area contributed by atoms with Crippen LogP contribution in [0.5, 0.6) is 5.75 Å². The summed E-state index contributed by atoms with van der Waals surface area (Å²) in [7, 11) is 0. The average Bonchev–Trinajstić information content (AvgIpc) is 2.52. The summed E-state index contributed by atoms with van der Waals surface area (Å²) in [4.78, 5) is 0. The third-order valence-electron chi connectivity index (χ3n) is 2.35. The lowest BCUT2D eigenvalue weighted by atomic mass is 10.1. The van der Waals surface area contributed by atoms with Gasteiger partial charge in [0.25, 0.3) is 0 Å². The summed E-state index contributed by atoms with van der Waals surface area (Å²) in [6.45, 7) is 0.417. The predicted molar refractivity (Wildman–Crippen MR) is 55.6 cm³/mol. The Morgan fingerprint density at radius 2 is 2.21 bits per heavy atom. The second-order valence-electron chi connectivity index (χ2n) is 3.39. The zero-order valence-corrected chi connectivity index (χ0v) is 8.43. The van der Waals surface area contributed by atoms with Crippen molar-refractivity contribution < 1.29 is 9.50 Å². The van der Waals surface area contributed by atoms with Gasteiger partial charge in [-0.05, 0) is 24.1 Å². The summed E-state index contributed by atoms with van der Waals surface area (Å²) >= 11 is 0. The lowest BCUT2D eigenvalue weighted by Crippen LogP contribution is -2.13. The molecule has 14 heavy (non-hydrogen) atoms. The van der Waals surface area contributed by atoms with Crippen LogP contribution in [0.1, 0.15) is 18.0 Å². The second-order valence-corrected chi connectivity index (χ2v) is 3.39. The Morgan fingerprint density at radius 3 is 2.79 bits per heavy atom. The number of alkyl halides is 1. The molecule has 0 aliphatic carbocycles. The molecule has 1 saturated heterocycles. The van der Waals surface area contributed by atoms with Gasteiger partial charge in [-0.2, -0.15) is 0 Å². The molecule has 78 valence electrons. The molecule has 2 unspecified atom stereocenters. The van der Waals surface area contributed by atoms with Crippen LogP contribution in [0.15, 0.2) is 24.3 Å². The van der Waals surface area contributed by atoms with Crippen LogP contribution in [0.25, 0.3) is 0 Å². The van der Waals surface area contributed by atoms with E-state index in [1.54, 1.807) is 18.2 Å². The summed E-state index contributed by atoms with van der Waals surface area (Å²) < 4.78 is 12.8. The van der Waals surface area contributed by atoms with E-state index < -0.39 is 6.17 Å². The van der Waals surface area contributed by atoms with Crippen molar-refractivity contribution in [1.29, 1.82) is 0 Å². The highest BCUT2D eigenvalue weighted by atomic mass is 35.5. The van der Waals surface area contributed by atoms with E-state index in [0.29, 0.717) is 13.0 Å². The smallest absolute Gasteiger partial charge is 0.115 e. The first kappa shape index (κ1) is 11.3. The lowest BCUT2D eigenvalue weighted by Gasteiger charge is -2.09. The Morgan fingerprint density at radius 1 is 1.43 bits per heavy atom. The third kappa shape index (κ3) is 2.36. The molecule has 0 aromatic heterocycles. The largest absolute Gasteiger partial charge is 0.508 e. The second kappa shape index (κ2) is 4.62. The summed E-state index contributed by atoms with van der Waals surface area (Å²) in [6.07, 6.45) is -0.254. The minimum Gasteiger partial charge on any atom is -0.508 e. The van der Waals surface area contributed by atoms with Crippen LogP contribution in [-0.4, -0.2) is 17.8 Å². The maximum absolute atomic E-state index is 12.8. The number of phenols is 1. The number of rotatable bonds is 1.